The molecule has 1 spiro atoms. The average molecular weight is 372 g/mol. The molecule has 2 amide bonds. The molecule has 8 nitrogen and oxygen atoms in total. The van der Waals surface area contributed by atoms with Crippen LogP contribution in [0, 0.1) is 0 Å². The van der Waals surface area contributed by atoms with E-state index >= 15 is 0 Å². The molecule has 2 saturated heterocycles. The molecule has 0 unspecified atom stereocenters. The molecule has 1 aromatic carbocycles. The highest BCUT2D eigenvalue weighted by Crippen LogP contribution is 2.33. The van der Waals surface area contributed by atoms with Crippen LogP contribution in [0.1, 0.15) is 29.6 Å². The summed E-state index contributed by atoms with van der Waals surface area (Å²) in [4.78, 5) is 32.5. The van der Waals surface area contributed by atoms with Gasteiger partial charge in [-0.1, -0.05) is 0 Å². The molecule has 1 aromatic heterocycles. The lowest BCUT2D eigenvalue weighted by molar-refractivity contribution is 0.0438. The minimum Gasteiger partial charge on any atom is -0.441 e. The van der Waals surface area contributed by atoms with Crippen LogP contribution < -0.4 is 0 Å². The van der Waals surface area contributed by atoms with Crippen molar-refractivity contribution in [2.45, 2.75) is 31.4 Å². The molecule has 0 radical (unpaired) electrons. The van der Waals surface area contributed by atoms with Crippen LogP contribution in [-0.2, 0) is 11.3 Å². The normalized spacial score (nSPS) is 23.1. The molecule has 2 aliphatic rings. The lowest BCUT2D eigenvalue weighted by Gasteiger charge is -2.25. The summed E-state index contributed by atoms with van der Waals surface area (Å²) >= 11 is 0. The molecular formula is C19H24N4O4. The quantitative estimate of drug-likeness (QED) is 0.882. The third kappa shape index (κ3) is 3.25. The largest absolute Gasteiger partial charge is 0.441 e. The van der Waals surface area contributed by atoms with Crippen molar-refractivity contribution in [3.8, 4) is 0 Å². The Morgan fingerprint density at radius 1 is 1.33 bits per heavy atom. The fraction of sp³-hybridized carbons (Fsp3) is 0.526. The van der Waals surface area contributed by atoms with Gasteiger partial charge in [-0.05, 0) is 31.0 Å². The number of aliphatic hydroxyl groups excluding tert-OH is 1. The Kier molecular flexibility index (Phi) is 4.51. The number of likely N-dealkylation sites (N-methyl/N-ethyl adjacent to an activating group) is 1. The zero-order chi connectivity index (χ0) is 19.0. The number of rotatable bonds is 3. The van der Waals surface area contributed by atoms with E-state index in [4.69, 9.17) is 9.84 Å². The Morgan fingerprint density at radius 2 is 2.19 bits per heavy atom. The first-order chi connectivity index (χ1) is 13.0. The molecule has 27 heavy (non-hydrogen) atoms. The molecule has 144 valence electrons. The predicted molar refractivity (Wildman–Crippen MR) is 98.4 cm³/mol. The van der Waals surface area contributed by atoms with Crippen LogP contribution in [0.4, 0.5) is 4.79 Å². The molecule has 1 atom stereocenters. The van der Waals surface area contributed by atoms with Gasteiger partial charge in [0.25, 0.3) is 5.91 Å². The van der Waals surface area contributed by atoms with Crippen LogP contribution in [-0.4, -0.2) is 75.3 Å². The molecule has 1 N–H and O–H groups in total. The van der Waals surface area contributed by atoms with Crippen molar-refractivity contribution in [1.29, 1.82) is 0 Å². The number of imidazole rings is 1. The number of aliphatic hydroxyl groups is 1. The van der Waals surface area contributed by atoms with Crippen molar-refractivity contribution >= 4 is 23.0 Å². The van der Waals surface area contributed by atoms with Gasteiger partial charge in [0.05, 0.1) is 30.5 Å². The van der Waals surface area contributed by atoms with Crippen molar-refractivity contribution < 1.29 is 19.4 Å². The Morgan fingerprint density at radius 3 is 2.93 bits per heavy atom. The van der Waals surface area contributed by atoms with Crippen molar-refractivity contribution in [2.75, 3.05) is 33.3 Å². The lowest BCUT2D eigenvalue weighted by Crippen LogP contribution is -2.36. The molecule has 0 aliphatic carbocycles. The SMILES string of the molecule is CN1C[C@]2(CCCN(C(=O)c3ccc4c(c3)ncn4CCO)CC2)OC1=O. The molecule has 2 aromatic rings. The zero-order valence-electron chi connectivity index (χ0n) is 15.4. The number of ether oxygens (including phenoxy) is 1. The Balaban J connectivity index is 1.49. The van der Waals surface area contributed by atoms with Gasteiger partial charge in [0.1, 0.15) is 5.60 Å². The number of carbonyl (C=O) groups is 2. The van der Waals surface area contributed by atoms with Crippen LogP contribution in [0.15, 0.2) is 24.5 Å². The van der Waals surface area contributed by atoms with E-state index < -0.39 is 5.60 Å². The van der Waals surface area contributed by atoms with E-state index in [0.29, 0.717) is 38.2 Å². The summed E-state index contributed by atoms with van der Waals surface area (Å²) in [5.41, 5.74) is 1.78. The van der Waals surface area contributed by atoms with Crippen molar-refractivity contribution in [3.63, 3.8) is 0 Å². The van der Waals surface area contributed by atoms with E-state index in [-0.39, 0.29) is 18.6 Å². The van der Waals surface area contributed by atoms with Crippen LogP contribution in [0.3, 0.4) is 0 Å². The maximum atomic E-state index is 13.0. The van der Waals surface area contributed by atoms with Gasteiger partial charge in [-0.3, -0.25) is 4.79 Å². The molecule has 3 heterocycles. The summed E-state index contributed by atoms with van der Waals surface area (Å²) in [7, 11) is 1.75. The van der Waals surface area contributed by atoms with E-state index in [1.54, 1.807) is 24.3 Å². The van der Waals surface area contributed by atoms with Gasteiger partial charge in [-0.25, -0.2) is 9.78 Å². The van der Waals surface area contributed by atoms with Gasteiger partial charge >= 0.3 is 6.09 Å². The van der Waals surface area contributed by atoms with E-state index in [2.05, 4.69) is 4.98 Å². The van der Waals surface area contributed by atoms with Crippen LogP contribution >= 0.6 is 0 Å². The maximum absolute atomic E-state index is 13.0. The maximum Gasteiger partial charge on any atom is 0.410 e. The fourth-order valence-corrected chi connectivity index (χ4v) is 4.09. The second kappa shape index (κ2) is 6.84. The van der Waals surface area contributed by atoms with Crippen molar-refractivity contribution in [2.24, 2.45) is 0 Å². The summed E-state index contributed by atoms with van der Waals surface area (Å²) in [5.74, 6) is -0.0247. The molecule has 4 rings (SSSR count). The Labute approximate surface area is 157 Å². The van der Waals surface area contributed by atoms with Crippen LogP contribution in [0.25, 0.3) is 11.0 Å². The summed E-state index contributed by atoms with van der Waals surface area (Å²) in [6, 6.07) is 5.48. The molecule has 8 heteroatoms. The molecular weight excluding hydrogens is 348 g/mol. The standard InChI is InChI=1S/C19H24N4O4/c1-21-12-19(27-18(21)26)5-2-7-22(8-6-19)17(25)14-3-4-16-15(11-14)20-13-23(16)9-10-24/h3-4,11,13,24H,2,5-10,12H2,1H3/t19-/m1/s1. The number of likely N-dealkylation sites (tertiary alicyclic amines) is 1. The fourth-order valence-electron chi connectivity index (χ4n) is 4.09. The van der Waals surface area contributed by atoms with Gasteiger partial charge in [0.2, 0.25) is 0 Å². The van der Waals surface area contributed by atoms with E-state index in [9.17, 15) is 9.59 Å². The summed E-state index contributed by atoms with van der Waals surface area (Å²) in [6.45, 7) is 2.32. The lowest BCUT2D eigenvalue weighted by atomic mass is 9.95. The van der Waals surface area contributed by atoms with Gasteiger partial charge in [0.15, 0.2) is 0 Å². The first kappa shape index (κ1) is 17.8. The second-order valence-electron chi connectivity index (χ2n) is 7.42. The average Bonchev–Trinajstić information content (AvgIpc) is 3.10. The Bertz CT molecular complexity index is 880. The van der Waals surface area contributed by atoms with Crippen LogP contribution in [0.2, 0.25) is 0 Å². The van der Waals surface area contributed by atoms with Gasteiger partial charge < -0.3 is 24.2 Å². The summed E-state index contributed by atoms with van der Waals surface area (Å²) in [5, 5.41) is 9.11. The number of fused-ring (bicyclic) bond motifs is 1. The molecule has 0 bridgehead atoms. The monoisotopic (exact) mass is 372 g/mol. The zero-order valence-corrected chi connectivity index (χ0v) is 15.4. The first-order valence-electron chi connectivity index (χ1n) is 9.30. The summed E-state index contributed by atoms with van der Waals surface area (Å²) < 4.78 is 7.48. The third-order valence-electron chi connectivity index (χ3n) is 5.53. The number of nitrogens with zero attached hydrogens (tertiary/aromatic N) is 4. The number of hydrogen-bond acceptors (Lipinski definition) is 5. The summed E-state index contributed by atoms with van der Waals surface area (Å²) in [6.07, 6.45) is 3.63. The predicted octanol–water partition coefficient (Wildman–Crippen LogP) is 1.48. The Hall–Kier alpha value is -2.61. The first-order valence-corrected chi connectivity index (χ1v) is 9.30. The van der Waals surface area contributed by atoms with E-state index in [1.165, 1.54) is 0 Å². The highest BCUT2D eigenvalue weighted by Gasteiger charge is 2.44. The number of aromatic nitrogens is 2. The third-order valence-corrected chi connectivity index (χ3v) is 5.53. The number of benzene rings is 1. The minimum absolute atomic E-state index is 0.0247. The smallest absolute Gasteiger partial charge is 0.410 e. The number of hydrogen-bond donors (Lipinski definition) is 1. The molecule has 0 saturated carbocycles. The minimum atomic E-state index is -0.464. The highest BCUT2D eigenvalue weighted by atomic mass is 16.6. The van der Waals surface area contributed by atoms with E-state index in [1.807, 2.05) is 21.6 Å². The highest BCUT2D eigenvalue weighted by molar-refractivity contribution is 5.97. The second-order valence-corrected chi connectivity index (χ2v) is 7.42. The van der Waals surface area contributed by atoms with E-state index in [0.717, 1.165) is 23.9 Å². The number of amides is 2. The van der Waals surface area contributed by atoms with Crippen LogP contribution in [0.5, 0.6) is 0 Å². The van der Waals surface area contributed by atoms with Gasteiger partial charge in [-0.15, -0.1) is 0 Å². The van der Waals surface area contributed by atoms with Crippen molar-refractivity contribution in [1.82, 2.24) is 19.4 Å². The van der Waals surface area contributed by atoms with Gasteiger partial charge in [-0.2, -0.15) is 0 Å². The van der Waals surface area contributed by atoms with Gasteiger partial charge in [0, 0.05) is 38.7 Å². The number of carbonyl (C=O) groups excluding carboxylic acids is 2. The topological polar surface area (TPSA) is 87.9 Å². The van der Waals surface area contributed by atoms with Crippen molar-refractivity contribution in [3.05, 3.63) is 30.1 Å². The molecule has 2 fully saturated rings. The molecule has 2 aliphatic heterocycles.